The van der Waals surface area contributed by atoms with E-state index in [0.29, 0.717) is 24.9 Å². The first-order valence-corrected chi connectivity index (χ1v) is 9.36. The number of hydrogen-bond acceptors (Lipinski definition) is 3. The minimum Gasteiger partial charge on any atom is -0.342 e. The van der Waals surface area contributed by atoms with Crippen LogP contribution in [0.3, 0.4) is 0 Å². The summed E-state index contributed by atoms with van der Waals surface area (Å²) in [5, 5.41) is 0. The lowest BCUT2D eigenvalue weighted by Gasteiger charge is -2.39. The van der Waals surface area contributed by atoms with Gasteiger partial charge in [0, 0.05) is 26.2 Å². The Morgan fingerprint density at radius 1 is 1.10 bits per heavy atom. The number of hydrogen-bond donors (Lipinski definition) is 0. The van der Waals surface area contributed by atoms with Gasteiger partial charge in [-0.15, -0.1) is 0 Å². The molecule has 2 aliphatic heterocycles. The maximum atomic E-state index is 12.6. The van der Waals surface area contributed by atoms with Crippen LogP contribution >= 0.6 is 0 Å². The molecule has 2 fully saturated rings. The maximum Gasteiger partial charge on any atom is 0.227 e. The Morgan fingerprint density at radius 3 is 2.25 bits per heavy atom. The predicted molar refractivity (Wildman–Crippen MR) is 78.7 cm³/mol. The van der Waals surface area contributed by atoms with Crippen molar-refractivity contribution < 1.29 is 13.2 Å². The lowest BCUT2D eigenvalue weighted by atomic mass is 9.90. The molecule has 0 aliphatic carbocycles. The minimum atomic E-state index is -3.18. The summed E-state index contributed by atoms with van der Waals surface area (Å²) < 4.78 is 24.7. The Hall–Kier alpha value is -0.620. The van der Waals surface area contributed by atoms with E-state index in [1.807, 2.05) is 4.90 Å². The molecule has 0 N–H and O–H groups in total. The predicted octanol–water partition coefficient (Wildman–Crippen LogP) is 1.16. The van der Waals surface area contributed by atoms with Crippen molar-refractivity contribution in [1.29, 1.82) is 0 Å². The lowest BCUT2D eigenvalue weighted by Crippen LogP contribution is -2.50. The zero-order valence-electron chi connectivity index (χ0n) is 12.7. The lowest BCUT2D eigenvalue weighted by molar-refractivity contribution is -0.139. The molecule has 3 atom stereocenters. The Morgan fingerprint density at radius 2 is 1.70 bits per heavy atom. The zero-order valence-corrected chi connectivity index (χ0v) is 13.5. The van der Waals surface area contributed by atoms with Crippen molar-refractivity contribution in [3.8, 4) is 0 Å². The highest BCUT2D eigenvalue weighted by Gasteiger charge is 2.34. The summed E-state index contributed by atoms with van der Waals surface area (Å²) >= 11 is 0. The van der Waals surface area contributed by atoms with Gasteiger partial charge in [-0.05, 0) is 31.1 Å². The summed E-state index contributed by atoms with van der Waals surface area (Å²) in [7, 11) is -3.18. The number of carbonyl (C=O) groups is 1. The van der Waals surface area contributed by atoms with Crippen molar-refractivity contribution in [3.63, 3.8) is 0 Å². The minimum absolute atomic E-state index is 0.150. The van der Waals surface area contributed by atoms with Gasteiger partial charge in [0.2, 0.25) is 15.9 Å². The monoisotopic (exact) mass is 302 g/mol. The van der Waals surface area contributed by atoms with E-state index < -0.39 is 10.0 Å². The van der Waals surface area contributed by atoms with Crippen LogP contribution in [0.1, 0.15) is 33.1 Å². The van der Waals surface area contributed by atoms with Crippen LogP contribution < -0.4 is 0 Å². The average Bonchev–Trinajstić information content (AvgIpc) is 2.36. The van der Waals surface area contributed by atoms with E-state index in [4.69, 9.17) is 0 Å². The van der Waals surface area contributed by atoms with Gasteiger partial charge in [-0.1, -0.05) is 13.8 Å². The first-order valence-electron chi connectivity index (χ1n) is 7.51. The van der Waals surface area contributed by atoms with Crippen LogP contribution in [-0.2, 0) is 14.8 Å². The second-order valence-electron chi connectivity index (χ2n) is 6.65. The number of carbonyl (C=O) groups excluding carboxylic acids is 1. The summed E-state index contributed by atoms with van der Waals surface area (Å²) in [5.41, 5.74) is 0. The van der Waals surface area contributed by atoms with E-state index in [9.17, 15) is 13.2 Å². The van der Waals surface area contributed by atoms with E-state index >= 15 is 0 Å². The van der Waals surface area contributed by atoms with E-state index in [1.165, 1.54) is 17.0 Å². The molecule has 0 aromatic carbocycles. The topological polar surface area (TPSA) is 57.7 Å². The Labute approximate surface area is 122 Å². The fourth-order valence-electron chi connectivity index (χ4n) is 3.55. The Kier molecular flexibility index (Phi) is 4.74. The number of piperidine rings is 2. The van der Waals surface area contributed by atoms with Gasteiger partial charge in [-0.25, -0.2) is 12.7 Å². The van der Waals surface area contributed by atoms with Crippen LogP contribution in [0.15, 0.2) is 0 Å². The van der Waals surface area contributed by atoms with Crippen molar-refractivity contribution in [2.75, 3.05) is 32.4 Å². The zero-order chi connectivity index (χ0) is 14.9. The van der Waals surface area contributed by atoms with Crippen LogP contribution in [-0.4, -0.2) is 56.0 Å². The molecule has 2 rings (SSSR count). The van der Waals surface area contributed by atoms with Crippen LogP contribution in [0.25, 0.3) is 0 Å². The molecular weight excluding hydrogens is 276 g/mol. The summed E-state index contributed by atoms with van der Waals surface area (Å²) in [4.78, 5) is 14.6. The van der Waals surface area contributed by atoms with Gasteiger partial charge >= 0.3 is 0 Å². The fourth-order valence-corrected chi connectivity index (χ4v) is 4.46. The highest BCUT2D eigenvalue weighted by molar-refractivity contribution is 7.88. The second-order valence-corrected chi connectivity index (χ2v) is 8.63. The average molecular weight is 302 g/mol. The summed E-state index contributed by atoms with van der Waals surface area (Å²) in [6.07, 6.45) is 3.99. The fraction of sp³-hybridized carbons (Fsp3) is 0.929. The van der Waals surface area contributed by atoms with E-state index in [0.717, 1.165) is 25.9 Å². The molecule has 2 aliphatic rings. The Bertz CT molecular complexity index is 453. The van der Waals surface area contributed by atoms with Crippen molar-refractivity contribution in [1.82, 2.24) is 9.21 Å². The van der Waals surface area contributed by atoms with Crippen molar-refractivity contribution >= 4 is 15.9 Å². The smallest absolute Gasteiger partial charge is 0.227 e. The highest BCUT2D eigenvalue weighted by atomic mass is 32.2. The maximum absolute atomic E-state index is 12.6. The first-order chi connectivity index (χ1) is 9.27. The van der Waals surface area contributed by atoms with Crippen LogP contribution in [0, 0.1) is 17.8 Å². The normalized spacial score (nSPS) is 33.1. The Balaban J connectivity index is 2.01. The summed E-state index contributed by atoms with van der Waals surface area (Å²) in [6, 6.07) is 0. The molecule has 0 aromatic rings. The molecule has 116 valence electrons. The van der Waals surface area contributed by atoms with Crippen molar-refractivity contribution in [2.24, 2.45) is 17.8 Å². The molecule has 0 bridgehead atoms. The van der Waals surface area contributed by atoms with Gasteiger partial charge in [0.1, 0.15) is 0 Å². The molecule has 0 unspecified atom stereocenters. The highest BCUT2D eigenvalue weighted by Crippen LogP contribution is 2.26. The number of sulfonamides is 1. The quantitative estimate of drug-likeness (QED) is 0.769. The number of likely N-dealkylation sites (tertiary alicyclic amines) is 1. The molecule has 0 radical (unpaired) electrons. The van der Waals surface area contributed by atoms with Gasteiger partial charge in [-0.3, -0.25) is 4.79 Å². The van der Waals surface area contributed by atoms with Gasteiger partial charge < -0.3 is 4.90 Å². The number of nitrogens with zero attached hydrogens (tertiary/aromatic N) is 2. The molecule has 0 aromatic heterocycles. The molecule has 2 saturated heterocycles. The van der Waals surface area contributed by atoms with Crippen molar-refractivity contribution in [3.05, 3.63) is 0 Å². The second kappa shape index (κ2) is 6.02. The first kappa shape index (κ1) is 15.8. The standard InChI is InChI=1S/C14H26N2O3S/c1-11-7-12(2)9-15(8-11)14(17)13-5-4-6-16(10-13)20(3,18)19/h11-13H,4-10H2,1-3H3/t11-,12+,13-/m0/s1. The van der Waals surface area contributed by atoms with Crippen LogP contribution in [0.4, 0.5) is 0 Å². The molecular formula is C14H26N2O3S. The molecule has 20 heavy (non-hydrogen) atoms. The molecule has 6 heteroatoms. The summed E-state index contributed by atoms with van der Waals surface area (Å²) in [6.45, 7) is 6.91. The SMILES string of the molecule is C[C@@H]1C[C@H](C)CN(C(=O)[C@H]2CCCN(S(C)(=O)=O)C2)C1. The van der Waals surface area contributed by atoms with Gasteiger partial charge in [0.05, 0.1) is 12.2 Å². The van der Waals surface area contributed by atoms with E-state index in [-0.39, 0.29) is 11.8 Å². The third kappa shape index (κ3) is 3.73. The van der Waals surface area contributed by atoms with Crippen LogP contribution in [0.5, 0.6) is 0 Å². The third-order valence-corrected chi connectivity index (χ3v) is 5.65. The van der Waals surface area contributed by atoms with E-state index in [2.05, 4.69) is 13.8 Å². The number of amides is 1. The van der Waals surface area contributed by atoms with Crippen molar-refractivity contribution in [2.45, 2.75) is 33.1 Å². The van der Waals surface area contributed by atoms with Crippen LogP contribution in [0.2, 0.25) is 0 Å². The largest absolute Gasteiger partial charge is 0.342 e. The molecule has 0 spiro atoms. The van der Waals surface area contributed by atoms with Gasteiger partial charge in [0.25, 0.3) is 0 Å². The molecule has 0 saturated carbocycles. The molecule has 5 nitrogen and oxygen atoms in total. The van der Waals surface area contributed by atoms with E-state index in [1.54, 1.807) is 0 Å². The third-order valence-electron chi connectivity index (χ3n) is 4.38. The molecule has 2 heterocycles. The molecule has 1 amide bonds. The van der Waals surface area contributed by atoms with Gasteiger partial charge in [-0.2, -0.15) is 0 Å². The van der Waals surface area contributed by atoms with Gasteiger partial charge in [0.15, 0.2) is 0 Å². The summed E-state index contributed by atoms with van der Waals surface area (Å²) in [5.74, 6) is 1.07. The number of rotatable bonds is 2.